The summed E-state index contributed by atoms with van der Waals surface area (Å²) in [4.78, 5) is 28.4. The fourth-order valence-corrected chi connectivity index (χ4v) is 4.04. The molecule has 2 amide bonds. The first-order valence-corrected chi connectivity index (χ1v) is 8.65. The highest BCUT2D eigenvalue weighted by Gasteiger charge is 2.71. The van der Waals surface area contributed by atoms with Gasteiger partial charge in [-0.25, -0.2) is 0 Å². The minimum absolute atomic E-state index is 0. The molecule has 3 aliphatic rings. The molecule has 3 aliphatic heterocycles. The normalized spacial score (nSPS) is 41.7. The highest BCUT2D eigenvalue weighted by molar-refractivity contribution is 5.95. The summed E-state index contributed by atoms with van der Waals surface area (Å²) in [5.41, 5.74) is 4.50. The van der Waals surface area contributed by atoms with Crippen LogP contribution in [0.1, 0.15) is 47.0 Å². The number of hydrogen-bond acceptors (Lipinski definition) is 6. The van der Waals surface area contributed by atoms with Gasteiger partial charge in [0.25, 0.3) is 11.8 Å². The third-order valence-corrected chi connectivity index (χ3v) is 5.83. The summed E-state index contributed by atoms with van der Waals surface area (Å²) < 4.78 is 5.75. The van der Waals surface area contributed by atoms with E-state index in [4.69, 9.17) is 10.5 Å². The van der Waals surface area contributed by atoms with Crippen LogP contribution in [0.25, 0.3) is 0 Å². The van der Waals surface area contributed by atoms with Gasteiger partial charge in [0.05, 0.1) is 0 Å². The largest absolute Gasteiger partial charge is 0.374 e. The van der Waals surface area contributed by atoms with Crippen LogP contribution in [-0.4, -0.2) is 61.8 Å². The number of hydrogen-bond donors (Lipinski definition) is 3. The van der Waals surface area contributed by atoms with Crippen molar-refractivity contribution in [2.75, 3.05) is 0 Å². The van der Waals surface area contributed by atoms with E-state index >= 15 is 0 Å². The van der Waals surface area contributed by atoms with E-state index in [2.05, 4.69) is 0 Å². The number of nitrogens with zero attached hydrogens (tertiary/aromatic N) is 2. The van der Waals surface area contributed by atoms with Crippen molar-refractivity contribution in [1.29, 1.82) is 0 Å². The van der Waals surface area contributed by atoms with Crippen molar-refractivity contribution in [2.45, 2.75) is 76.9 Å². The standard InChI is InChI=1S/C16H27N3O5.ClH/c1-5-9(4)12-13(21)18-10(6-7-11(18)20)16(23)19(12)14(22)15(17,24-16)8(2)3;/h8-12,20,23H,5-7,17H2,1-4H3;1H. The van der Waals surface area contributed by atoms with Crippen molar-refractivity contribution < 1.29 is 24.5 Å². The molecule has 4 N–H and O–H groups in total. The lowest BCUT2D eigenvalue weighted by molar-refractivity contribution is -0.325. The van der Waals surface area contributed by atoms with E-state index in [-0.39, 0.29) is 30.2 Å². The monoisotopic (exact) mass is 377 g/mol. The molecule has 0 aromatic heterocycles. The molecule has 144 valence electrons. The van der Waals surface area contributed by atoms with Crippen molar-refractivity contribution in [3.05, 3.63) is 0 Å². The number of amides is 2. The van der Waals surface area contributed by atoms with Crippen LogP contribution in [0, 0.1) is 11.8 Å². The molecular weight excluding hydrogens is 350 g/mol. The fraction of sp³-hybridized carbons (Fsp3) is 0.875. The molecule has 0 saturated carbocycles. The second-order valence-electron chi connectivity index (χ2n) is 7.53. The molecule has 0 spiro atoms. The molecular formula is C16H28ClN3O5. The lowest BCUT2D eigenvalue weighted by Crippen LogP contribution is -2.73. The Morgan fingerprint density at radius 3 is 2.44 bits per heavy atom. The van der Waals surface area contributed by atoms with E-state index in [1.165, 1.54) is 4.90 Å². The van der Waals surface area contributed by atoms with E-state index in [1.54, 1.807) is 13.8 Å². The highest BCUT2D eigenvalue weighted by atomic mass is 35.5. The Labute approximate surface area is 153 Å². The molecule has 9 heteroatoms. The second-order valence-corrected chi connectivity index (χ2v) is 7.53. The van der Waals surface area contributed by atoms with Gasteiger partial charge in [0, 0.05) is 5.92 Å². The van der Waals surface area contributed by atoms with Crippen molar-refractivity contribution >= 4 is 24.2 Å². The van der Waals surface area contributed by atoms with Crippen LogP contribution in [0.3, 0.4) is 0 Å². The van der Waals surface area contributed by atoms with Gasteiger partial charge in [-0.1, -0.05) is 34.1 Å². The zero-order valence-electron chi connectivity index (χ0n) is 15.0. The minimum Gasteiger partial charge on any atom is -0.374 e. The van der Waals surface area contributed by atoms with Gasteiger partial charge in [-0.05, 0) is 18.8 Å². The van der Waals surface area contributed by atoms with Crippen LogP contribution in [0.4, 0.5) is 0 Å². The molecule has 6 unspecified atom stereocenters. The van der Waals surface area contributed by atoms with Gasteiger partial charge in [0.15, 0.2) is 0 Å². The van der Waals surface area contributed by atoms with Crippen molar-refractivity contribution in [2.24, 2.45) is 17.6 Å². The first kappa shape index (κ1) is 20.4. The Balaban J connectivity index is 0.00000225. The fourth-order valence-electron chi connectivity index (χ4n) is 4.04. The number of piperazine rings is 1. The zero-order chi connectivity index (χ0) is 18.0. The Morgan fingerprint density at radius 2 is 1.92 bits per heavy atom. The summed E-state index contributed by atoms with van der Waals surface area (Å²) in [6.45, 7) is 7.22. The average Bonchev–Trinajstić information content (AvgIpc) is 3.00. The number of rotatable bonds is 3. The molecule has 8 nitrogen and oxygen atoms in total. The van der Waals surface area contributed by atoms with Gasteiger partial charge < -0.3 is 15.1 Å². The van der Waals surface area contributed by atoms with E-state index in [1.807, 2.05) is 13.8 Å². The molecule has 0 bridgehead atoms. The molecule has 3 heterocycles. The summed E-state index contributed by atoms with van der Waals surface area (Å²) in [7, 11) is 0. The molecule has 3 rings (SSSR count). The lowest BCUT2D eigenvalue weighted by atomic mass is 9.90. The van der Waals surface area contributed by atoms with Crippen LogP contribution in [0.15, 0.2) is 0 Å². The number of aliphatic hydroxyl groups excluding tert-OH is 1. The molecule has 0 aromatic rings. The van der Waals surface area contributed by atoms with Crippen molar-refractivity contribution in [3.8, 4) is 0 Å². The van der Waals surface area contributed by atoms with Gasteiger partial charge in [-0.2, -0.15) is 0 Å². The quantitative estimate of drug-likeness (QED) is 0.635. The Morgan fingerprint density at radius 1 is 1.32 bits per heavy atom. The summed E-state index contributed by atoms with van der Waals surface area (Å²) in [5.74, 6) is -3.52. The SMILES string of the molecule is CCC(C)C1C(=O)N2C(O)CCC2C2(O)OC(N)(C(C)C)C(=O)N12.Cl. The van der Waals surface area contributed by atoms with Crippen molar-refractivity contribution in [3.63, 3.8) is 0 Å². The van der Waals surface area contributed by atoms with Crippen LogP contribution < -0.4 is 5.73 Å². The van der Waals surface area contributed by atoms with Crippen LogP contribution >= 0.6 is 12.4 Å². The Bertz CT molecular complexity index is 576. The van der Waals surface area contributed by atoms with E-state index < -0.39 is 35.9 Å². The first-order valence-electron chi connectivity index (χ1n) is 8.65. The summed E-state index contributed by atoms with van der Waals surface area (Å²) in [5, 5.41) is 21.5. The Kier molecular flexibility index (Phi) is 5.18. The predicted octanol–water partition coefficient (Wildman–Crippen LogP) is -0.0382. The van der Waals surface area contributed by atoms with Crippen LogP contribution in [0.2, 0.25) is 0 Å². The van der Waals surface area contributed by atoms with Gasteiger partial charge in [0.1, 0.15) is 18.3 Å². The maximum absolute atomic E-state index is 13.0. The Hall–Kier alpha value is -0.930. The van der Waals surface area contributed by atoms with Gasteiger partial charge >= 0.3 is 0 Å². The highest BCUT2D eigenvalue weighted by Crippen LogP contribution is 2.48. The minimum atomic E-state index is -2.00. The topological polar surface area (TPSA) is 116 Å². The molecule has 25 heavy (non-hydrogen) atoms. The smallest absolute Gasteiger partial charge is 0.276 e. The lowest BCUT2D eigenvalue weighted by Gasteiger charge is -2.50. The number of carbonyl (C=O) groups excluding carboxylic acids is 2. The average molecular weight is 378 g/mol. The summed E-state index contributed by atoms with van der Waals surface area (Å²) in [6, 6.07) is -1.71. The number of halogens is 1. The maximum Gasteiger partial charge on any atom is 0.276 e. The van der Waals surface area contributed by atoms with E-state index in [0.29, 0.717) is 19.3 Å². The summed E-state index contributed by atoms with van der Waals surface area (Å²) >= 11 is 0. The first-order chi connectivity index (χ1) is 11.1. The molecule has 3 fully saturated rings. The molecule has 3 saturated heterocycles. The van der Waals surface area contributed by atoms with E-state index in [9.17, 15) is 19.8 Å². The van der Waals surface area contributed by atoms with Gasteiger partial charge in [-0.3, -0.25) is 25.0 Å². The van der Waals surface area contributed by atoms with Crippen molar-refractivity contribution in [1.82, 2.24) is 9.80 Å². The molecule has 0 aliphatic carbocycles. The summed E-state index contributed by atoms with van der Waals surface area (Å²) in [6.07, 6.45) is 0.320. The third kappa shape index (κ3) is 2.49. The maximum atomic E-state index is 13.0. The van der Waals surface area contributed by atoms with E-state index in [0.717, 1.165) is 4.90 Å². The molecule has 0 radical (unpaired) electrons. The van der Waals surface area contributed by atoms with Crippen LogP contribution in [-0.2, 0) is 14.3 Å². The number of nitrogens with two attached hydrogens (primary N) is 1. The number of ether oxygens (including phenoxy) is 1. The number of carbonyl (C=O) groups is 2. The number of aliphatic hydroxyl groups is 2. The second kappa shape index (κ2) is 6.35. The van der Waals surface area contributed by atoms with Crippen LogP contribution in [0.5, 0.6) is 0 Å². The zero-order valence-corrected chi connectivity index (χ0v) is 15.8. The molecule has 0 aromatic carbocycles. The predicted molar refractivity (Wildman–Crippen MR) is 91.0 cm³/mol. The van der Waals surface area contributed by atoms with Gasteiger partial charge in [-0.15, -0.1) is 12.4 Å². The number of fused-ring (bicyclic) bond motifs is 3. The van der Waals surface area contributed by atoms with Gasteiger partial charge in [0.2, 0.25) is 11.6 Å². The third-order valence-electron chi connectivity index (χ3n) is 5.83. The molecule has 6 atom stereocenters.